The minimum Gasteiger partial charge on any atom is -0.463 e. The van der Waals surface area contributed by atoms with Gasteiger partial charge in [-0.25, -0.2) is 4.79 Å². The largest absolute Gasteiger partial charge is 0.463 e. The van der Waals surface area contributed by atoms with Crippen molar-refractivity contribution in [1.82, 2.24) is 4.90 Å². The first-order valence-corrected chi connectivity index (χ1v) is 5.32. The van der Waals surface area contributed by atoms with Gasteiger partial charge in [0.15, 0.2) is 0 Å². The number of carbonyl (C=O) groups excluding carboxylic acids is 2. The van der Waals surface area contributed by atoms with Gasteiger partial charge in [0.2, 0.25) is 0 Å². The van der Waals surface area contributed by atoms with Gasteiger partial charge in [0.1, 0.15) is 0 Å². The summed E-state index contributed by atoms with van der Waals surface area (Å²) in [5.41, 5.74) is 0.573. The van der Waals surface area contributed by atoms with Crippen LogP contribution < -0.4 is 0 Å². The molecule has 0 N–H and O–H groups in total. The van der Waals surface area contributed by atoms with Gasteiger partial charge >= 0.3 is 5.97 Å². The van der Waals surface area contributed by atoms with Crippen LogP contribution in [0, 0.1) is 0 Å². The van der Waals surface area contributed by atoms with E-state index >= 15 is 0 Å². The van der Waals surface area contributed by atoms with Gasteiger partial charge < -0.3 is 9.64 Å². The van der Waals surface area contributed by atoms with E-state index in [1.54, 1.807) is 38.2 Å². The van der Waals surface area contributed by atoms with Crippen LogP contribution in [-0.4, -0.2) is 30.4 Å². The molecule has 0 spiro atoms. The van der Waals surface area contributed by atoms with Crippen molar-refractivity contribution in [3.05, 3.63) is 48.2 Å². The summed E-state index contributed by atoms with van der Waals surface area (Å²) in [6.07, 6.45) is 2.62. The third-order valence-corrected chi connectivity index (χ3v) is 2.06. The number of hydrogen-bond acceptors (Lipinski definition) is 3. The van der Waals surface area contributed by atoms with Crippen LogP contribution in [0.1, 0.15) is 17.3 Å². The van der Waals surface area contributed by atoms with Crippen LogP contribution in [0.5, 0.6) is 0 Å². The van der Waals surface area contributed by atoms with E-state index in [4.69, 9.17) is 4.74 Å². The van der Waals surface area contributed by atoms with Crippen LogP contribution in [0.15, 0.2) is 42.6 Å². The molecule has 0 unspecified atom stereocenters. The molecule has 0 heterocycles. The zero-order valence-corrected chi connectivity index (χ0v) is 9.92. The Bertz CT molecular complexity index is 412. The van der Waals surface area contributed by atoms with Crippen LogP contribution in [-0.2, 0) is 9.53 Å². The van der Waals surface area contributed by atoms with Crippen molar-refractivity contribution >= 4 is 11.9 Å². The average molecular weight is 233 g/mol. The Balaban J connectivity index is 2.62. The Morgan fingerprint density at radius 3 is 2.53 bits per heavy atom. The van der Waals surface area contributed by atoms with Gasteiger partial charge in [0.05, 0.1) is 6.61 Å². The van der Waals surface area contributed by atoms with Gasteiger partial charge in [-0.2, -0.15) is 0 Å². The number of amides is 1. The molecule has 0 bridgehead atoms. The van der Waals surface area contributed by atoms with Crippen molar-refractivity contribution in [2.75, 3.05) is 13.7 Å². The monoisotopic (exact) mass is 233 g/mol. The Hall–Kier alpha value is -2.10. The highest BCUT2D eigenvalue weighted by molar-refractivity contribution is 5.95. The second-order valence-electron chi connectivity index (χ2n) is 3.35. The summed E-state index contributed by atoms with van der Waals surface area (Å²) in [6.45, 7) is 2.05. The Morgan fingerprint density at radius 2 is 1.94 bits per heavy atom. The first-order chi connectivity index (χ1) is 8.15. The summed E-state index contributed by atoms with van der Waals surface area (Å²) in [5.74, 6) is -0.633. The zero-order chi connectivity index (χ0) is 12.7. The molecule has 0 saturated heterocycles. The summed E-state index contributed by atoms with van der Waals surface area (Å²) in [4.78, 5) is 24.2. The summed E-state index contributed by atoms with van der Waals surface area (Å²) in [7, 11) is 1.59. The molecular formula is C13H15NO3. The van der Waals surface area contributed by atoms with E-state index in [0.717, 1.165) is 0 Å². The van der Waals surface area contributed by atoms with Crippen LogP contribution in [0.2, 0.25) is 0 Å². The molecule has 0 aliphatic heterocycles. The molecule has 90 valence electrons. The van der Waals surface area contributed by atoms with Gasteiger partial charge in [-0.15, -0.1) is 0 Å². The maximum atomic E-state index is 11.8. The van der Waals surface area contributed by atoms with Gasteiger partial charge in [0, 0.05) is 24.9 Å². The zero-order valence-electron chi connectivity index (χ0n) is 9.92. The molecule has 0 atom stereocenters. The van der Waals surface area contributed by atoms with Crippen LogP contribution in [0.3, 0.4) is 0 Å². The highest BCUT2D eigenvalue weighted by Gasteiger charge is 2.08. The molecule has 1 rings (SSSR count). The van der Waals surface area contributed by atoms with E-state index in [2.05, 4.69) is 0 Å². The summed E-state index contributed by atoms with van der Waals surface area (Å²) in [5, 5.41) is 0. The third-order valence-electron chi connectivity index (χ3n) is 2.06. The highest BCUT2D eigenvalue weighted by atomic mass is 16.5. The van der Waals surface area contributed by atoms with Crippen molar-refractivity contribution in [2.45, 2.75) is 6.92 Å². The van der Waals surface area contributed by atoms with E-state index in [0.29, 0.717) is 12.2 Å². The smallest absolute Gasteiger partial charge is 0.332 e. The van der Waals surface area contributed by atoms with E-state index in [9.17, 15) is 9.59 Å². The quantitative estimate of drug-likeness (QED) is 0.589. The van der Waals surface area contributed by atoms with Crippen molar-refractivity contribution in [3.8, 4) is 0 Å². The standard InChI is InChI=1S/C13H15NO3/c1-3-17-12(15)9-10-14(2)13(16)11-7-5-4-6-8-11/h4-10H,3H2,1-2H3/b10-9+. The lowest BCUT2D eigenvalue weighted by molar-refractivity contribution is -0.137. The van der Waals surface area contributed by atoms with E-state index in [1.165, 1.54) is 17.2 Å². The molecule has 0 saturated carbocycles. The summed E-state index contributed by atoms with van der Waals surface area (Å²) < 4.78 is 4.71. The molecule has 0 aliphatic rings. The molecule has 1 aromatic carbocycles. The molecule has 1 aromatic rings. The Morgan fingerprint density at radius 1 is 1.29 bits per heavy atom. The molecule has 1 amide bonds. The molecule has 17 heavy (non-hydrogen) atoms. The number of ether oxygens (including phenoxy) is 1. The highest BCUT2D eigenvalue weighted by Crippen LogP contribution is 2.03. The lowest BCUT2D eigenvalue weighted by Crippen LogP contribution is -2.21. The van der Waals surface area contributed by atoms with E-state index in [-0.39, 0.29) is 5.91 Å². The van der Waals surface area contributed by atoms with Crippen molar-refractivity contribution in [1.29, 1.82) is 0 Å². The van der Waals surface area contributed by atoms with Crippen LogP contribution in [0.25, 0.3) is 0 Å². The normalized spacial score (nSPS) is 10.2. The number of hydrogen-bond donors (Lipinski definition) is 0. The number of benzene rings is 1. The molecule has 4 heteroatoms. The van der Waals surface area contributed by atoms with Crippen molar-refractivity contribution in [3.63, 3.8) is 0 Å². The summed E-state index contributed by atoms with van der Waals surface area (Å²) in [6, 6.07) is 8.85. The van der Waals surface area contributed by atoms with Crippen molar-refractivity contribution < 1.29 is 14.3 Å². The maximum Gasteiger partial charge on any atom is 0.332 e. The second-order valence-corrected chi connectivity index (χ2v) is 3.35. The van der Waals surface area contributed by atoms with E-state index < -0.39 is 5.97 Å². The number of nitrogens with zero attached hydrogens (tertiary/aromatic N) is 1. The second kappa shape index (κ2) is 6.48. The van der Waals surface area contributed by atoms with Crippen LogP contribution in [0.4, 0.5) is 0 Å². The predicted molar refractivity (Wildman–Crippen MR) is 64.3 cm³/mol. The SMILES string of the molecule is CCOC(=O)/C=C/N(C)C(=O)c1ccccc1. The molecular weight excluding hydrogens is 218 g/mol. The lowest BCUT2D eigenvalue weighted by Gasteiger charge is -2.11. The van der Waals surface area contributed by atoms with Gasteiger partial charge in [-0.3, -0.25) is 4.79 Å². The summed E-state index contributed by atoms with van der Waals surface area (Å²) >= 11 is 0. The van der Waals surface area contributed by atoms with Crippen LogP contribution >= 0.6 is 0 Å². The number of carbonyl (C=O) groups is 2. The van der Waals surface area contributed by atoms with Gasteiger partial charge in [-0.1, -0.05) is 18.2 Å². The molecule has 0 aromatic heterocycles. The van der Waals surface area contributed by atoms with Gasteiger partial charge in [-0.05, 0) is 19.1 Å². The molecule has 0 aliphatic carbocycles. The number of esters is 1. The van der Waals surface area contributed by atoms with Gasteiger partial charge in [0.25, 0.3) is 5.91 Å². The predicted octanol–water partition coefficient (Wildman–Crippen LogP) is 1.84. The maximum absolute atomic E-state index is 11.8. The first kappa shape index (κ1) is 13.0. The first-order valence-electron chi connectivity index (χ1n) is 5.32. The fourth-order valence-corrected chi connectivity index (χ4v) is 1.22. The fraction of sp³-hybridized carbons (Fsp3) is 0.231. The lowest BCUT2D eigenvalue weighted by atomic mass is 10.2. The Labute approximate surface area is 100 Å². The van der Waals surface area contributed by atoms with Crippen molar-refractivity contribution in [2.24, 2.45) is 0 Å². The minimum absolute atomic E-state index is 0.175. The molecule has 0 radical (unpaired) electrons. The fourth-order valence-electron chi connectivity index (χ4n) is 1.22. The Kier molecular flexibility index (Phi) is 4.94. The molecule has 4 nitrogen and oxygen atoms in total. The average Bonchev–Trinajstić information content (AvgIpc) is 2.36. The molecule has 0 fully saturated rings. The number of rotatable bonds is 4. The topological polar surface area (TPSA) is 46.6 Å². The minimum atomic E-state index is -0.458. The third kappa shape index (κ3) is 4.10. The van der Waals surface area contributed by atoms with E-state index in [1.807, 2.05) is 6.07 Å².